The van der Waals surface area contributed by atoms with Crippen LogP contribution in [0.2, 0.25) is 0 Å². The normalized spacial score (nSPS) is 12.0. The van der Waals surface area contributed by atoms with Crippen LogP contribution in [0.5, 0.6) is 0 Å². The number of rotatable bonds is 4. The van der Waals surface area contributed by atoms with E-state index in [0.717, 1.165) is 5.56 Å². The number of alkyl halides is 2. The Balaban J connectivity index is 3.29. The van der Waals surface area contributed by atoms with Crippen LogP contribution in [0.25, 0.3) is 0 Å². The minimum atomic E-state index is -0.825. The molecule has 0 bridgehead atoms. The SMILES string of the molecule is COC(=O)c1cc(CBr)ccc1C(Cl)C(C)=O. The molecule has 0 saturated carbocycles. The van der Waals surface area contributed by atoms with Crippen molar-refractivity contribution in [2.75, 3.05) is 7.11 Å². The van der Waals surface area contributed by atoms with Gasteiger partial charge in [0, 0.05) is 5.33 Å². The number of carbonyl (C=O) groups excluding carboxylic acids is 2. The van der Waals surface area contributed by atoms with Gasteiger partial charge in [0.2, 0.25) is 0 Å². The van der Waals surface area contributed by atoms with Gasteiger partial charge in [0.15, 0.2) is 5.78 Å². The molecule has 1 unspecified atom stereocenters. The van der Waals surface area contributed by atoms with Gasteiger partial charge in [-0.25, -0.2) is 4.79 Å². The second kappa shape index (κ2) is 6.17. The average molecular weight is 320 g/mol. The molecule has 0 spiro atoms. The quantitative estimate of drug-likeness (QED) is 0.632. The highest BCUT2D eigenvalue weighted by molar-refractivity contribution is 9.08. The van der Waals surface area contributed by atoms with Crippen molar-refractivity contribution in [2.24, 2.45) is 0 Å². The van der Waals surface area contributed by atoms with Gasteiger partial charge in [-0.15, -0.1) is 11.6 Å². The number of ether oxygens (including phenoxy) is 1. The molecule has 92 valence electrons. The fraction of sp³-hybridized carbons (Fsp3) is 0.333. The lowest BCUT2D eigenvalue weighted by atomic mass is 10.00. The van der Waals surface area contributed by atoms with Gasteiger partial charge >= 0.3 is 5.97 Å². The van der Waals surface area contributed by atoms with E-state index >= 15 is 0 Å². The Morgan fingerprint density at radius 3 is 2.59 bits per heavy atom. The Labute approximate surface area is 113 Å². The molecule has 0 radical (unpaired) electrons. The second-order valence-electron chi connectivity index (χ2n) is 3.52. The first-order valence-electron chi connectivity index (χ1n) is 4.93. The number of Topliss-reactive ketones (excluding diaryl/α,β-unsaturated/α-hetero) is 1. The highest BCUT2D eigenvalue weighted by Gasteiger charge is 2.21. The first-order chi connectivity index (χ1) is 8.01. The molecule has 1 rings (SSSR count). The Hall–Kier alpha value is -0.870. The third kappa shape index (κ3) is 3.30. The van der Waals surface area contributed by atoms with Crippen molar-refractivity contribution < 1.29 is 14.3 Å². The monoisotopic (exact) mass is 318 g/mol. The van der Waals surface area contributed by atoms with Gasteiger partial charge in [0.25, 0.3) is 0 Å². The van der Waals surface area contributed by atoms with Crippen LogP contribution in [0.3, 0.4) is 0 Å². The maximum Gasteiger partial charge on any atom is 0.338 e. The maximum atomic E-state index is 11.6. The summed E-state index contributed by atoms with van der Waals surface area (Å²) in [6.45, 7) is 1.39. The number of hydrogen-bond acceptors (Lipinski definition) is 3. The lowest BCUT2D eigenvalue weighted by Gasteiger charge is -2.12. The second-order valence-corrected chi connectivity index (χ2v) is 4.52. The number of carbonyl (C=O) groups is 2. The van der Waals surface area contributed by atoms with Gasteiger partial charge < -0.3 is 4.74 Å². The Kier molecular flexibility index (Phi) is 5.15. The van der Waals surface area contributed by atoms with Crippen LogP contribution in [0.1, 0.15) is 33.8 Å². The predicted octanol–water partition coefficient (Wildman–Crippen LogP) is 3.24. The molecule has 0 saturated heterocycles. The molecular formula is C12H12BrClO3. The van der Waals surface area contributed by atoms with Crippen LogP contribution in [0, 0.1) is 0 Å². The fourth-order valence-electron chi connectivity index (χ4n) is 1.41. The van der Waals surface area contributed by atoms with E-state index in [1.807, 2.05) is 6.07 Å². The van der Waals surface area contributed by atoms with E-state index in [1.54, 1.807) is 12.1 Å². The zero-order chi connectivity index (χ0) is 13.0. The molecule has 0 amide bonds. The highest BCUT2D eigenvalue weighted by atomic mass is 79.9. The van der Waals surface area contributed by atoms with Gasteiger partial charge in [-0.05, 0) is 24.1 Å². The number of esters is 1. The summed E-state index contributed by atoms with van der Waals surface area (Å²) in [5.41, 5.74) is 1.73. The summed E-state index contributed by atoms with van der Waals surface area (Å²) in [6.07, 6.45) is 0. The highest BCUT2D eigenvalue weighted by Crippen LogP contribution is 2.27. The van der Waals surface area contributed by atoms with E-state index in [9.17, 15) is 9.59 Å². The Morgan fingerprint density at radius 2 is 2.12 bits per heavy atom. The summed E-state index contributed by atoms with van der Waals surface area (Å²) >= 11 is 9.27. The summed E-state index contributed by atoms with van der Waals surface area (Å²) in [6, 6.07) is 5.17. The van der Waals surface area contributed by atoms with Gasteiger partial charge in [0.05, 0.1) is 12.7 Å². The topological polar surface area (TPSA) is 43.4 Å². The molecule has 0 fully saturated rings. The molecule has 0 heterocycles. The van der Waals surface area contributed by atoms with E-state index in [0.29, 0.717) is 16.5 Å². The fourth-order valence-corrected chi connectivity index (χ4v) is 1.95. The zero-order valence-electron chi connectivity index (χ0n) is 9.50. The van der Waals surface area contributed by atoms with Gasteiger partial charge in [-0.2, -0.15) is 0 Å². The van der Waals surface area contributed by atoms with Crippen molar-refractivity contribution in [1.82, 2.24) is 0 Å². The predicted molar refractivity (Wildman–Crippen MR) is 69.7 cm³/mol. The smallest absolute Gasteiger partial charge is 0.338 e. The summed E-state index contributed by atoms with van der Waals surface area (Å²) < 4.78 is 4.68. The maximum absolute atomic E-state index is 11.6. The molecule has 0 aliphatic heterocycles. The van der Waals surface area contributed by atoms with Crippen LogP contribution in [-0.2, 0) is 14.9 Å². The van der Waals surface area contributed by atoms with Crippen LogP contribution < -0.4 is 0 Å². The molecule has 0 N–H and O–H groups in total. The Bertz CT molecular complexity index is 445. The van der Waals surface area contributed by atoms with Crippen molar-refractivity contribution in [3.05, 3.63) is 34.9 Å². The van der Waals surface area contributed by atoms with E-state index < -0.39 is 11.3 Å². The van der Waals surface area contributed by atoms with Gasteiger partial charge in [-0.3, -0.25) is 4.79 Å². The molecular weight excluding hydrogens is 307 g/mol. The van der Waals surface area contributed by atoms with E-state index in [2.05, 4.69) is 20.7 Å². The Morgan fingerprint density at radius 1 is 1.47 bits per heavy atom. The third-order valence-corrected chi connectivity index (χ3v) is 3.50. The first-order valence-corrected chi connectivity index (χ1v) is 6.48. The van der Waals surface area contributed by atoms with Crippen LogP contribution in [-0.4, -0.2) is 18.9 Å². The molecule has 3 nitrogen and oxygen atoms in total. The first kappa shape index (κ1) is 14.2. The van der Waals surface area contributed by atoms with Crippen LogP contribution in [0.4, 0.5) is 0 Å². The number of halogens is 2. The lowest BCUT2D eigenvalue weighted by molar-refractivity contribution is -0.116. The third-order valence-electron chi connectivity index (χ3n) is 2.31. The molecule has 0 aliphatic carbocycles. The standard InChI is InChI=1S/C12H12BrClO3/c1-7(15)11(14)9-4-3-8(6-13)5-10(9)12(16)17-2/h3-5,11H,6H2,1-2H3. The van der Waals surface area contributed by atoms with Gasteiger partial charge in [0.1, 0.15) is 5.38 Å². The molecule has 1 atom stereocenters. The molecule has 1 aromatic carbocycles. The molecule has 5 heteroatoms. The minimum Gasteiger partial charge on any atom is -0.465 e. The van der Waals surface area contributed by atoms with E-state index in [-0.39, 0.29) is 5.78 Å². The summed E-state index contributed by atoms with van der Waals surface area (Å²) in [4.78, 5) is 22.9. The summed E-state index contributed by atoms with van der Waals surface area (Å²) in [5, 5.41) is -0.210. The van der Waals surface area contributed by atoms with Gasteiger partial charge in [-0.1, -0.05) is 28.1 Å². The van der Waals surface area contributed by atoms with Crippen LogP contribution in [0.15, 0.2) is 18.2 Å². The minimum absolute atomic E-state index is 0.205. The average Bonchev–Trinajstić information content (AvgIpc) is 2.35. The van der Waals surface area contributed by atoms with Crippen LogP contribution >= 0.6 is 27.5 Å². The van der Waals surface area contributed by atoms with Crippen molar-refractivity contribution in [1.29, 1.82) is 0 Å². The van der Waals surface area contributed by atoms with Crippen molar-refractivity contribution in [2.45, 2.75) is 17.6 Å². The largest absolute Gasteiger partial charge is 0.465 e. The number of benzene rings is 1. The van der Waals surface area contributed by atoms with E-state index in [1.165, 1.54) is 14.0 Å². The molecule has 0 aromatic heterocycles. The van der Waals surface area contributed by atoms with Crippen molar-refractivity contribution in [3.8, 4) is 0 Å². The molecule has 0 aliphatic rings. The van der Waals surface area contributed by atoms with Crippen molar-refractivity contribution in [3.63, 3.8) is 0 Å². The molecule has 1 aromatic rings. The summed E-state index contributed by atoms with van der Waals surface area (Å²) in [5.74, 6) is -0.696. The number of ketones is 1. The zero-order valence-corrected chi connectivity index (χ0v) is 11.8. The molecule has 17 heavy (non-hydrogen) atoms. The van der Waals surface area contributed by atoms with E-state index in [4.69, 9.17) is 11.6 Å². The number of hydrogen-bond donors (Lipinski definition) is 0. The summed E-state index contributed by atoms with van der Waals surface area (Å²) in [7, 11) is 1.30. The number of methoxy groups -OCH3 is 1. The van der Waals surface area contributed by atoms with Crippen molar-refractivity contribution >= 4 is 39.3 Å². The lowest BCUT2D eigenvalue weighted by Crippen LogP contribution is -2.11.